The number of ether oxygens (including phenoxy) is 1. The van der Waals surface area contributed by atoms with Gasteiger partial charge in [0.25, 0.3) is 0 Å². The Bertz CT molecular complexity index is 767. The molecule has 0 saturated heterocycles. The van der Waals surface area contributed by atoms with Crippen molar-refractivity contribution in [2.24, 2.45) is 0 Å². The van der Waals surface area contributed by atoms with Gasteiger partial charge < -0.3 is 10.5 Å². The third-order valence-electron chi connectivity index (χ3n) is 4.73. The highest BCUT2D eigenvalue weighted by molar-refractivity contribution is 5.78. The van der Waals surface area contributed by atoms with Gasteiger partial charge in [0.05, 0.1) is 13.0 Å². The van der Waals surface area contributed by atoms with E-state index in [0.717, 1.165) is 11.1 Å². The van der Waals surface area contributed by atoms with Gasteiger partial charge in [-0.1, -0.05) is 42.5 Å². The minimum absolute atomic E-state index is 0.0550. The molecule has 1 fully saturated rings. The number of carbonyl (C=O) groups excluding carboxylic acids is 1. The predicted molar refractivity (Wildman–Crippen MR) is 93.4 cm³/mol. The number of halogens is 2. The first-order valence-electron chi connectivity index (χ1n) is 8.34. The van der Waals surface area contributed by atoms with Crippen molar-refractivity contribution >= 4 is 11.7 Å². The van der Waals surface area contributed by atoms with Crippen molar-refractivity contribution < 1.29 is 18.3 Å². The van der Waals surface area contributed by atoms with Crippen molar-refractivity contribution in [2.75, 3.05) is 12.3 Å². The van der Waals surface area contributed by atoms with Crippen LogP contribution in [0.1, 0.15) is 31.7 Å². The van der Waals surface area contributed by atoms with Crippen LogP contribution in [0.5, 0.6) is 0 Å². The second-order valence-corrected chi connectivity index (χ2v) is 6.64. The molecule has 0 atom stereocenters. The lowest BCUT2D eigenvalue weighted by atomic mass is 9.60. The van der Waals surface area contributed by atoms with Gasteiger partial charge in [0.2, 0.25) is 5.92 Å². The number of alkyl halides is 2. The molecule has 1 saturated carbocycles. The topological polar surface area (TPSA) is 52.3 Å². The lowest BCUT2D eigenvalue weighted by Gasteiger charge is -2.47. The Hall–Kier alpha value is -2.43. The van der Waals surface area contributed by atoms with E-state index in [-0.39, 0.29) is 25.9 Å². The standard InChI is InChI=1S/C20H21F2NO2/c1-2-25-18(24)11-19(12-20(21,22)13-19)15-8-9-16(17(23)10-15)14-6-4-3-5-7-14/h3-10H,2,11-13,23H2,1H3. The molecule has 2 N–H and O–H groups in total. The molecule has 1 aliphatic carbocycles. The number of benzene rings is 2. The molecule has 0 radical (unpaired) electrons. The summed E-state index contributed by atoms with van der Waals surface area (Å²) >= 11 is 0. The van der Waals surface area contributed by atoms with E-state index in [9.17, 15) is 13.6 Å². The molecule has 3 nitrogen and oxygen atoms in total. The lowest BCUT2D eigenvalue weighted by molar-refractivity contribution is -0.158. The molecule has 132 valence electrons. The van der Waals surface area contributed by atoms with Gasteiger partial charge in [-0.3, -0.25) is 4.79 Å². The monoisotopic (exact) mass is 345 g/mol. The van der Waals surface area contributed by atoms with Crippen LogP contribution in [0.4, 0.5) is 14.5 Å². The normalized spacial score (nSPS) is 17.6. The fraction of sp³-hybridized carbons (Fsp3) is 0.350. The lowest BCUT2D eigenvalue weighted by Crippen LogP contribution is -2.50. The Morgan fingerprint density at radius 2 is 1.84 bits per heavy atom. The molecule has 0 heterocycles. The van der Waals surface area contributed by atoms with E-state index in [2.05, 4.69) is 0 Å². The summed E-state index contributed by atoms with van der Waals surface area (Å²) in [5.41, 5.74) is 8.28. The molecule has 0 spiro atoms. The predicted octanol–water partition coefficient (Wildman–Crippen LogP) is 4.56. The van der Waals surface area contributed by atoms with Gasteiger partial charge in [0.1, 0.15) is 0 Å². The smallest absolute Gasteiger partial charge is 0.306 e. The van der Waals surface area contributed by atoms with E-state index in [4.69, 9.17) is 10.5 Å². The number of nitrogens with two attached hydrogens (primary N) is 1. The van der Waals surface area contributed by atoms with Gasteiger partial charge in [-0.2, -0.15) is 0 Å². The zero-order valence-corrected chi connectivity index (χ0v) is 14.1. The molecule has 25 heavy (non-hydrogen) atoms. The Labute approximate surface area is 145 Å². The summed E-state index contributed by atoms with van der Waals surface area (Å²) in [4.78, 5) is 11.9. The fourth-order valence-corrected chi connectivity index (χ4v) is 3.63. The van der Waals surface area contributed by atoms with Gasteiger partial charge in [0, 0.05) is 29.5 Å². The van der Waals surface area contributed by atoms with Crippen LogP contribution in [0.2, 0.25) is 0 Å². The maximum Gasteiger partial charge on any atom is 0.306 e. The van der Waals surface area contributed by atoms with Crippen LogP contribution < -0.4 is 5.73 Å². The number of esters is 1. The van der Waals surface area contributed by atoms with Crippen LogP contribution in [-0.4, -0.2) is 18.5 Å². The average Bonchev–Trinajstić information content (AvgIpc) is 2.53. The van der Waals surface area contributed by atoms with E-state index in [1.807, 2.05) is 36.4 Å². The van der Waals surface area contributed by atoms with Crippen LogP contribution in [-0.2, 0) is 14.9 Å². The first-order valence-corrected chi connectivity index (χ1v) is 8.34. The van der Waals surface area contributed by atoms with Crippen molar-refractivity contribution in [1.82, 2.24) is 0 Å². The van der Waals surface area contributed by atoms with Gasteiger partial charge >= 0.3 is 5.97 Å². The maximum absolute atomic E-state index is 13.6. The Morgan fingerprint density at radius 3 is 2.40 bits per heavy atom. The van der Waals surface area contributed by atoms with Gasteiger partial charge in [0.15, 0.2) is 0 Å². The Balaban J connectivity index is 1.92. The van der Waals surface area contributed by atoms with Crippen LogP contribution in [0.15, 0.2) is 48.5 Å². The number of hydrogen-bond donors (Lipinski definition) is 1. The molecule has 0 bridgehead atoms. The minimum atomic E-state index is -2.75. The van der Waals surface area contributed by atoms with Gasteiger partial charge in [-0.05, 0) is 24.1 Å². The maximum atomic E-state index is 13.6. The molecule has 5 heteroatoms. The Morgan fingerprint density at radius 1 is 1.16 bits per heavy atom. The second kappa shape index (κ2) is 6.47. The molecule has 0 aromatic heterocycles. The van der Waals surface area contributed by atoms with Crippen molar-refractivity contribution in [3.8, 4) is 11.1 Å². The summed E-state index contributed by atoms with van der Waals surface area (Å²) in [7, 11) is 0. The zero-order chi connectivity index (χ0) is 18.1. The highest BCUT2D eigenvalue weighted by Crippen LogP contribution is 2.56. The summed E-state index contributed by atoms with van der Waals surface area (Å²) in [6.07, 6.45) is -0.771. The molecule has 3 rings (SSSR count). The quantitative estimate of drug-likeness (QED) is 0.639. The number of nitrogen functional groups attached to an aromatic ring is 1. The van der Waals surface area contributed by atoms with Crippen LogP contribution in [0.25, 0.3) is 11.1 Å². The molecule has 2 aromatic rings. The molecular weight excluding hydrogens is 324 g/mol. The van der Waals surface area contributed by atoms with Crippen LogP contribution >= 0.6 is 0 Å². The summed E-state index contributed by atoms with van der Waals surface area (Å²) in [5, 5.41) is 0. The first kappa shape index (κ1) is 17.4. The molecule has 0 aliphatic heterocycles. The molecular formula is C20H21F2NO2. The summed E-state index contributed by atoms with van der Waals surface area (Å²) in [5.74, 6) is -3.21. The largest absolute Gasteiger partial charge is 0.466 e. The summed E-state index contributed by atoms with van der Waals surface area (Å²) in [6, 6.07) is 15.0. The third-order valence-corrected chi connectivity index (χ3v) is 4.73. The first-order chi connectivity index (χ1) is 11.9. The summed E-state index contributed by atoms with van der Waals surface area (Å²) in [6.45, 7) is 1.94. The molecule has 2 aromatic carbocycles. The van der Waals surface area contributed by atoms with E-state index in [1.165, 1.54) is 0 Å². The van der Waals surface area contributed by atoms with E-state index in [1.54, 1.807) is 19.1 Å². The summed E-state index contributed by atoms with van der Waals surface area (Å²) < 4.78 is 32.2. The minimum Gasteiger partial charge on any atom is -0.466 e. The number of rotatable bonds is 5. The van der Waals surface area contributed by atoms with Gasteiger partial charge in [-0.25, -0.2) is 8.78 Å². The molecule has 1 aliphatic rings. The molecule has 0 unspecified atom stereocenters. The SMILES string of the molecule is CCOC(=O)CC1(c2ccc(-c3ccccc3)c(N)c2)CC(F)(F)C1. The second-order valence-electron chi connectivity index (χ2n) is 6.64. The fourth-order valence-electron chi connectivity index (χ4n) is 3.63. The van der Waals surface area contributed by atoms with Crippen molar-refractivity contribution in [2.45, 2.75) is 37.5 Å². The van der Waals surface area contributed by atoms with Gasteiger partial charge in [-0.15, -0.1) is 0 Å². The number of anilines is 1. The van der Waals surface area contributed by atoms with Crippen LogP contribution in [0.3, 0.4) is 0 Å². The van der Waals surface area contributed by atoms with Crippen molar-refractivity contribution in [1.29, 1.82) is 0 Å². The van der Waals surface area contributed by atoms with E-state index < -0.39 is 17.3 Å². The number of carbonyl (C=O) groups is 1. The average molecular weight is 345 g/mol. The van der Waals surface area contributed by atoms with Crippen LogP contribution in [0, 0.1) is 0 Å². The third kappa shape index (κ3) is 3.50. The van der Waals surface area contributed by atoms with Crippen molar-refractivity contribution in [3.05, 3.63) is 54.1 Å². The van der Waals surface area contributed by atoms with E-state index in [0.29, 0.717) is 11.3 Å². The Kier molecular flexibility index (Phi) is 4.50. The highest BCUT2D eigenvalue weighted by atomic mass is 19.3. The van der Waals surface area contributed by atoms with Crippen molar-refractivity contribution in [3.63, 3.8) is 0 Å². The zero-order valence-electron chi connectivity index (χ0n) is 14.1. The molecule has 0 amide bonds. The van der Waals surface area contributed by atoms with E-state index >= 15 is 0 Å². The number of hydrogen-bond acceptors (Lipinski definition) is 3. The highest BCUT2D eigenvalue weighted by Gasteiger charge is 2.58.